The molecule has 16 nitrogen and oxygen atoms in total. The smallest absolute Gasteiger partial charge is 0.407 e. The first kappa shape index (κ1) is 43.7. The van der Waals surface area contributed by atoms with E-state index < -0.39 is 113 Å². The number of carbonyl (C=O) groups is 6. The molecule has 2 aliphatic heterocycles. The van der Waals surface area contributed by atoms with Gasteiger partial charge >= 0.3 is 30.0 Å². The molecule has 1 amide bonds. The van der Waals surface area contributed by atoms with Crippen LogP contribution in [0.4, 0.5) is 4.79 Å². The minimum atomic E-state index is -2.39. The van der Waals surface area contributed by atoms with E-state index in [4.69, 9.17) is 28.4 Å². The number of aliphatic hydroxyl groups excluding tert-OH is 2. The van der Waals surface area contributed by atoms with Crippen molar-refractivity contribution in [3.8, 4) is 0 Å². The predicted octanol–water partition coefficient (Wildman–Crippen LogP) is 3.04. The van der Waals surface area contributed by atoms with Crippen molar-refractivity contribution < 1.29 is 72.5 Å². The maximum atomic E-state index is 15.4. The molecule has 0 unspecified atom stereocenters. The molecule has 59 heavy (non-hydrogen) atoms. The summed E-state index contributed by atoms with van der Waals surface area (Å²) in [6, 6.07) is 5.01. The quantitative estimate of drug-likeness (QED) is 0.195. The lowest BCUT2D eigenvalue weighted by molar-refractivity contribution is -0.346. The second kappa shape index (κ2) is 15.9. The Balaban J connectivity index is 1.64. The Morgan fingerprint density at radius 1 is 1.00 bits per heavy atom. The average Bonchev–Trinajstić information content (AvgIpc) is 3.14. The van der Waals surface area contributed by atoms with E-state index in [1.807, 2.05) is 0 Å². The van der Waals surface area contributed by atoms with Gasteiger partial charge in [0.05, 0.1) is 42.3 Å². The molecule has 5 aliphatic rings. The fourth-order valence-electron chi connectivity index (χ4n) is 9.76. The van der Waals surface area contributed by atoms with E-state index in [2.05, 4.69) is 5.32 Å². The van der Waals surface area contributed by atoms with Crippen LogP contribution in [0.1, 0.15) is 90.6 Å². The number of amides is 1. The van der Waals surface area contributed by atoms with Gasteiger partial charge < -0.3 is 49.1 Å². The lowest BCUT2D eigenvalue weighted by atomic mass is 9.44. The van der Waals surface area contributed by atoms with Gasteiger partial charge in [-0.05, 0) is 63.0 Å². The zero-order valence-corrected chi connectivity index (χ0v) is 34.4. The molecular formula is C43H53NO15. The van der Waals surface area contributed by atoms with E-state index in [0.29, 0.717) is 11.1 Å². The van der Waals surface area contributed by atoms with Crippen LogP contribution < -0.4 is 5.32 Å². The van der Waals surface area contributed by atoms with Gasteiger partial charge in [-0.2, -0.15) is 0 Å². The van der Waals surface area contributed by atoms with Crippen molar-refractivity contribution in [1.82, 2.24) is 5.32 Å². The van der Waals surface area contributed by atoms with Gasteiger partial charge in [0.15, 0.2) is 23.6 Å². The van der Waals surface area contributed by atoms with Crippen molar-refractivity contribution in [3.63, 3.8) is 0 Å². The maximum Gasteiger partial charge on any atom is 0.407 e. The van der Waals surface area contributed by atoms with Gasteiger partial charge in [0.2, 0.25) is 0 Å². The van der Waals surface area contributed by atoms with Gasteiger partial charge in [0.1, 0.15) is 23.9 Å². The van der Waals surface area contributed by atoms with E-state index in [1.165, 1.54) is 32.1 Å². The van der Waals surface area contributed by atoms with Crippen LogP contribution in [0, 0.1) is 16.7 Å². The standard InChI is InChI=1S/C43H53NO15/c1-21(2)16-27-32(48)38(51)57-28-19-43(53)36(58-37(50)26-14-11-13-25(17-26)12-9-10-15-54-39(52)44-27)34-41(8,29(47)18-30-42(34,20-55-30)59-24(5)46)35(49)33(56-23(4)45)31(22(28)3)40(43,6)7/h9,11-14,16-17,27-30,32-34,36,47-48,53H,10,15,18-20H2,1-8H3,(H,44,52)/b12-9+/t27-,28-,29-,30+,32+,33+,34-,36-,41+,42-,43+/m0/s1. The van der Waals surface area contributed by atoms with E-state index >= 15 is 4.79 Å². The summed E-state index contributed by atoms with van der Waals surface area (Å²) in [5, 5.41) is 39.6. The second-order valence-electron chi connectivity index (χ2n) is 17.1. The van der Waals surface area contributed by atoms with E-state index in [9.17, 15) is 39.3 Å². The molecule has 3 aliphatic carbocycles. The number of alkyl carbamates (subject to hydrolysis) is 1. The molecule has 6 rings (SSSR count). The Morgan fingerprint density at radius 2 is 1.71 bits per heavy atom. The molecule has 2 saturated carbocycles. The zero-order valence-electron chi connectivity index (χ0n) is 34.4. The normalized spacial score (nSPS) is 37.5. The molecule has 4 N–H and O–H groups in total. The van der Waals surface area contributed by atoms with Gasteiger partial charge in [0.25, 0.3) is 0 Å². The number of hydrogen-bond donors (Lipinski definition) is 4. The Labute approximate surface area is 341 Å². The van der Waals surface area contributed by atoms with Gasteiger partial charge in [-0.25, -0.2) is 14.4 Å². The topological polar surface area (TPSA) is 231 Å². The molecule has 1 aromatic rings. The Hall–Kier alpha value is -4.90. The molecule has 5 bridgehead atoms. The summed E-state index contributed by atoms with van der Waals surface area (Å²) in [4.78, 5) is 82.7. The largest absolute Gasteiger partial charge is 0.456 e. The van der Waals surface area contributed by atoms with Crippen LogP contribution in [0.25, 0.3) is 6.08 Å². The Bertz CT molecular complexity index is 2020. The lowest BCUT2D eigenvalue weighted by Gasteiger charge is -2.67. The number of allylic oxidation sites excluding steroid dienone is 1. The van der Waals surface area contributed by atoms with Crippen LogP contribution in [0.5, 0.6) is 0 Å². The lowest BCUT2D eigenvalue weighted by Crippen LogP contribution is -2.82. The zero-order chi connectivity index (χ0) is 43.4. The molecule has 2 heterocycles. The summed E-state index contributed by atoms with van der Waals surface area (Å²) >= 11 is 0. The third-order valence-electron chi connectivity index (χ3n) is 12.8. The highest BCUT2D eigenvalue weighted by Gasteiger charge is 2.78. The van der Waals surface area contributed by atoms with Gasteiger partial charge in [-0.1, -0.05) is 49.8 Å². The highest BCUT2D eigenvalue weighted by atomic mass is 16.6. The third-order valence-corrected chi connectivity index (χ3v) is 12.8. The first-order chi connectivity index (χ1) is 27.6. The van der Waals surface area contributed by atoms with Crippen LogP contribution in [-0.2, 0) is 47.6 Å². The average molecular weight is 824 g/mol. The Kier molecular flexibility index (Phi) is 11.8. The number of Topliss-reactive ketones (excluding diaryl/α,β-unsaturated/α-hetero) is 1. The number of hydrogen-bond acceptors (Lipinski definition) is 15. The minimum Gasteiger partial charge on any atom is -0.456 e. The van der Waals surface area contributed by atoms with Crippen LogP contribution >= 0.6 is 0 Å². The SMILES string of the molecule is CC(=O)O[C@H]1C(=O)[C@@]2(C)[C@H]([C@@H]3OC(=O)c4cccc(c4)/C=C/CCOC(=O)N[C@@H](C=C(C)C)[C@@H](O)C(=O)O[C@H]4C[C@]3(O)C(C)(C)C1=C4C)[C@]1(OC(C)=O)CO[C@@H]1C[C@@H]2O. The van der Waals surface area contributed by atoms with E-state index in [1.54, 1.807) is 52.0 Å². The third kappa shape index (κ3) is 7.49. The molecule has 0 spiro atoms. The summed E-state index contributed by atoms with van der Waals surface area (Å²) in [5.41, 5.74) is -6.48. The molecule has 1 aromatic carbocycles. The van der Waals surface area contributed by atoms with Gasteiger partial charge in [-0.3, -0.25) is 14.4 Å². The number of benzene rings is 1. The molecule has 0 radical (unpaired) electrons. The molecule has 320 valence electrons. The number of aliphatic hydroxyl groups is 3. The second-order valence-corrected chi connectivity index (χ2v) is 17.1. The number of ketones is 1. The van der Waals surface area contributed by atoms with Crippen molar-refractivity contribution in [1.29, 1.82) is 0 Å². The summed E-state index contributed by atoms with van der Waals surface area (Å²) in [7, 11) is 0. The van der Waals surface area contributed by atoms with Crippen LogP contribution in [0.15, 0.2) is 53.1 Å². The number of ether oxygens (including phenoxy) is 6. The predicted molar refractivity (Wildman–Crippen MR) is 206 cm³/mol. The first-order valence-corrected chi connectivity index (χ1v) is 19.7. The number of nitrogens with one attached hydrogen (secondary N) is 1. The summed E-state index contributed by atoms with van der Waals surface area (Å²) in [5.74, 6) is -6.28. The monoisotopic (exact) mass is 823 g/mol. The Morgan fingerprint density at radius 3 is 2.34 bits per heavy atom. The summed E-state index contributed by atoms with van der Waals surface area (Å²) < 4.78 is 35.5. The van der Waals surface area contributed by atoms with Crippen molar-refractivity contribution in [2.24, 2.45) is 16.7 Å². The van der Waals surface area contributed by atoms with Crippen molar-refractivity contribution in [2.45, 2.75) is 129 Å². The molecular weight excluding hydrogens is 770 g/mol. The molecule has 3 fully saturated rings. The fraction of sp³-hybridized carbons (Fsp3) is 0.581. The first-order valence-electron chi connectivity index (χ1n) is 19.7. The van der Waals surface area contributed by atoms with Crippen molar-refractivity contribution in [3.05, 3.63) is 64.3 Å². The van der Waals surface area contributed by atoms with Crippen LogP contribution in [0.2, 0.25) is 0 Å². The van der Waals surface area contributed by atoms with Crippen LogP contribution in [0.3, 0.4) is 0 Å². The highest BCUT2D eigenvalue weighted by Crippen LogP contribution is 2.64. The number of cyclic esters (lactones) is 1. The van der Waals surface area contributed by atoms with Gasteiger partial charge in [0, 0.05) is 32.1 Å². The van der Waals surface area contributed by atoms with Crippen molar-refractivity contribution >= 4 is 41.8 Å². The summed E-state index contributed by atoms with van der Waals surface area (Å²) in [6.45, 7) is 11.3. The maximum absolute atomic E-state index is 15.4. The number of rotatable bonds is 3. The number of fused-ring (bicyclic) bond motifs is 8. The molecule has 11 atom stereocenters. The minimum absolute atomic E-state index is 0.00277. The van der Waals surface area contributed by atoms with Crippen LogP contribution in [-0.4, -0.2) is 118 Å². The van der Waals surface area contributed by atoms with E-state index in [0.717, 1.165) is 13.8 Å². The number of esters is 4. The van der Waals surface area contributed by atoms with E-state index in [-0.39, 0.29) is 42.8 Å². The number of carbonyl (C=O) groups excluding carboxylic acids is 6. The molecule has 0 aromatic heterocycles. The fourth-order valence-corrected chi connectivity index (χ4v) is 9.76. The van der Waals surface area contributed by atoms with Crippen molar-refractivity contribution in [2.75, 3.05) is 13.2 Å². The van der Waals surface area contributed by atoms with Gasteiger partial charge in [-0.15, -0.1) is 0 Å². The molecule has 16 heteroatoms. The molecule has 1 saturated heterocycles. The summed E-state index contributed by atoms with van der Waals surface area (Å²) in [6.07, 6.45) is -6.31. The highest BCUT2D eigenvalue weighted by molar-refractivity contribution is 5.95.